The van der Waals surface area contributed by atoms with Crippen LogP contribution in [-0.4, -0.2) is 17.2 Å². The molecule has 0 bridgehead atoms. The lowest BCUT2D eigenvalue weighted by Gasteiger charge is -2.01. The van der Waals surface area contributed by atoms with Crippen LogP contribution in [0.25, 0.3) is 10.1 Å². The molecule has 1 amide bonds. The van der Waals surface area contributed by atoms with Gasteiger partial charge in [0.1, 0.15) is 5.75 Å². The second-order valence-electron chi connectivity index (χ2n) is 4.50. The van der Waals surface area contributed by atoms with Gasteiger partial charge in [-0.15, -0.1) is 11.3 Å². The highest BCUT2D eigenvalue weighted by Gasteiger charge is 2.10. The van der Waals surface area contributed by atoms with E-state index in [-0.39, 0.29) is 11.3 Å². The van der Waals surface area contributed by atoms with E-state index in [0.717, 1.165) is 19.4 Å². The van der Waals surface area contributed by atoms with Crippen molar-refractivity contribution in [1.82, 2.24) is 5.43 Å². The Morgan fingerprint density at radius 3 is 2.73 bits per heavy atom. The largest absolute Gasteiger partial charge is 0.507 e. The number of thiophene rings is 1. The lowest BCUT2D eigenvalue weighted by molar-refractivity contribution is 0.0952. The molecule has 2 aromatic carbocycles. The molecule has 2 N–H and O–H groups in total. The molecule has 0 saturated carbocycles. The van der Waals surface area contributed by atoms with Crippen molar-refractivity contribution in [3.05, 3.63) is 63.4 Å². The third-order valence-electron chi connectivity index (χ3n) is 3.10. The number of fused-ring (bicyclic) bond motifs is 1. The molecule has 0 aliphatic rings. The quantitative estimate of drug-likeness (QED) is 0.534. The van der Waals surface area contributed by atoms with E-state index in [1.807, 2.05) is 24.3 Å². The Kier molecular flexibility index (Phi) is 4.22. The second kappa shape index (κ2) is 6.29. The van der Waals surface area contributed by atoms with Gasteiger partial charge in [-0.05, 0) is 34.1 Å². The Morgan fingerprint density at radius 2 is 1.91 bits per heavy atom. The van der Waals surface area contributed by atoms with Gasteiger partial charge in [0.05, 0.1) is 15.6 Å². The zero-order chi connectivity index (χ0) is 15.5. The van der Waals surface area contributed by atoms with E-state index in [0.29, 0.717) is 0 Å². The van der Waals surface area contributed by atoms with Gasteiger partial charge in [0.2, 0.25) is 0 Å². The van der Waals surface area contributed by atoms with E-state index in [9.17, 15) is 9.90 Å². The van der Waals surface area contributed by atoms with Crippen LogP contribution in [0.1, 0.15) is 15.9 Å². The first-order chi connectivity index (χ1) is 10.7. The van der Waals surface area contributed by atoms with Gasteiger partial charge in [-0.2, -0.15) is 5.10 Å². The molecular weight excluding hydrogens is 364 g/mol. The van der Waals surface area contributed by atoms with E-state index in [1.165, 1.54) is 12.1 Å². The van der Waals surface area contributed by atoms with E-state index >= 15 is 0 Å². The van der Waals surface area contributed by atoms with Crippen LogP contribution in [0.2, 0.25) is 0 Å². The molecule has 0 radical (unpaired) electrons. The van der Waals surface area contributed by atoms with Crippen molar-refractivity contribution >= 4 is 49.5 Å². The number of nitrogens with one attached hydrogen (secondary N) is 1. The maximum atomic E-state index is 11.9. The molecule has 0 unspecified atom stereocenters. The van der Waals surface area contributed by atoms with Gasteiger partial charge >= 0.3 is 0 Å². The summed E-state index contributed by atoms with van der Waals surface area (Å²) in [6, 6.07) is 14.3. The maximum Gasteiger partial charge on any atom is 0.275 e. The molecule has 0 atom stereocenters. The fourth-order valence-electron chi connectivity index (χ4n) is 2.04. The number of hydrogen-bond donors (Lipinski definition) is 2. The topological polar surface area (TPSA) is 61.7 Å². The number of carbonyl (C=O) groups is 1. The Balaban J connectivity index is 1.81. The molecule has 6 heteroatoms. The number of carbonyl (C=O) groups excluding carboxylic acids is 1. The zero-order valence-corrected chi connectivity index (χ0v) is 13.7. The minimum absolute atomic E-state index is 0.0719. The molecule has 4 nitrogen and oxygen atoms in total. The van der Waals surface area contributed by atoms with Crippen LogP contribution in [0.3, 0.4) is 0 Å². The van der Waals surface area contributed by atoms with E-state index in [4.69, 9.17) is 0 Å². The van der Waals surface area contributed by atoms with Crippen LogP contribution in [0, 0.1) is 0 Å². The normalized spacial score (nSPS) is 11.1. The lowest BCUT2D eigenvalue weighted by Crippen LogP contribution is -2.17. The Labute approximate surface area is 139 Å². The van der Waals surface area contributed by atoms with Crippen molar-refractivity contribution in [3.8, 4) is 5.75 Å². The molecule has 1 heterocycles. The monoisotopic (exact) mass is 374 g/mol. The third kappa shape index (κ3) is 2.88. The van der Waals surface area contributed by atoms with Gasteiger partial charge < -0.3 is 5.11 Å². The summed E-state index contributed by atoms with van der Waals surface area (Å²) >= 11 is 5.12. The van der Waals surface area contributed by atoms with Crippen LogP contribution < -0.4 is 5.43 Å². The van der Waals surface area contributed by atoms with Crippen LogP contribution in [-0.2, 0) is 0 Å². The summed E-state index contributed by atoms with van der Waals surface area (Å²) in [5, 5.41) is 14.7. The van der Waals surface area contributed by atoms with Crippen LogP contribution in [0.4, 0.5) is 0 Å². The van der Waals surface area contributed by atoms with E-state index < -0.39 is 5.91 Å². The summed E-state index contributed by atoms with van der Waals surface area (Å²) in [4.78, 5) is 11.9. The third-order valence-corrected chi connectivity index (χ3v) is 4.98. The highest BCUT2D eigenvalue weighted by molar-refractivity contribution is 9.11. The van der Waals surface area contributed by atoms with Gasteiger partial charge in [0.25, 0.3) is 5.91 Å². The van der Waals surface area contributed by atoms with Gasteiger partial charge in [-0.3, -0.25) is 4.79 Å². The molecule has 22 heavy (non-hydrogen) atoms. The summed E-state index contributed by atoms with van der Waals surface area (Å²) in [5.41, 5.74) is 3.53. The molecule has 0 fully saturated rings. The average molecular weight is 375 g/mol. The highest BCUT2D eigenvalue weighted by atomic mass is 79.9. The molecular formula is C16H11BrN2O2S. The van der Waals surface area contributed by atoms with E-state index in [2.05, 4.69) is 26.5 Å². The summed E-state index contributed by atoms with van der Waals surface area (Å²) in [6.07, 6.45) is 1.60. The van der Waals surface area contributed by atoms with Crippen molar-refractivity contribution in [2.75, 3.05) is 0 Å². The van der Waals surface area contributed by atoms with Crippen molar-refractivity contribution in [1.29, 1.82) is 0 Å². The molecule has 0 saturated heterocycles. The van der Waals surface area contributed by atoms with Gasteiger partial charge in [0, 0.05) is 15.6 Å². The molecule has 0 spiro atoms. The van der Waals surface area contributed by atoms with Gasteiger partial charge in [-0.1, -0.05) is 30.3 Å². The Bertz CT molecular complexity index is 873. The average Bonchev–Trinajstić information content (AvgIpc) is 2.83. The number of amides is 1. The minimum atomic E-state index is -0.454. The first-order valence-electron chi connectivity index (χ1n) is 6.45. The number of aromatic hydroxyl groups is 1. The maximum absolute atomic E-state index is 11.9. The molecule has 3 rings (SSSR count). The van der Waals surface area contributed by atoms with Crippen LogP contribution in [0.15, 0.2) is 57.4 Å². The van der Waals surface area contributed by atoms with Crippen LogP contribution in [0.5, 0.6) is 5.75 Å². The molecule has 110 valence electrons. The highest BCUT2D eigenvalue weighted by Crippen LogP contribution is 2.34. The Morgan fingerprint density at radius 1 is 1.18 bits per heavy atom. The number of phenols is 1. The molecule has 0 aliphatic heterocycles. The first-order valence-corrected chi connectivity index (χ1v) is 8.06. The standard InChI is InChI=1S/C16H11BrN2O2S/c17-15-12(10-5-2-4-8-14(10)22-15)9-18-19-16(21)11-6-1-3-7-13(11)20/h1-9,20H,(H,19,21)/b18-9+. The summed E-state index contributed by atoms with van der Waals surface area (Å²) in [6.45, 7) is 0. The van der Waals surface area contributed by atoms with Gasteiger partial charge in [-0.25, -0.2) is 5.43 Å². The van der Waals surface area contributed by atoms with Crippen molar-refractivity contribution < 1.29 is 9.90 Å². The lowest BCUT2D eigenvalue weighted by atomic mass is 10.2. The number of para-hydroxylation sites is 1. The predicted molar refractivity (Wildman–Crippen MR) is 92.7 cm³/mol. The summed E-state index contributed by atoms with van der Waals surface area (Å²) < 4.78 is 2.09. The van der Waals surface area contributed by atoms with Crippen molar-refractivity contribution in [3.63, 3.8) is 0 Å². The van der Waals surface area contributed by atoms with Crippen molar-refractivity contribution in [2.24, 2.45) is 5.10 Å². The van der Waals surface area contributed by atoms with Crippen LogP contribution >= 0.6 is 27.3 Å². The SMILES string of the molecule is O=C(N/N=C/c1c(Br)sc2ccccc12)c1ccccc1O. The predicted octanol–water partition coefficient (Wildman–Crippen LogP) is 4.13. The number of nitrogens with zero attached hydrogens (tertiary/aromatic N) is 1. The first kappa shape index (κ1) is 14.7. The fraction of sp³-hybridized carbons (Fsp3) is 0. The number of hydrazone groups is 1. The number of halogens is 1. The second-order valence-corrected chi connectivity index (χ2v) is 6.87. The molecule has 1 aromatic heterocycles. The number of hydrogen-bond acceptors (Lipinski definition) is 4. The van der Waals surface area contributed by atoms with E-state index in [1.54, 1.807) is 29.7 Å². The summed E-state index contributed by atoms with van der Waals surface area (Å²) in [5.74, 6) is -0.526. The van der Waals surface area contributed by atoms with Crippen molar-refractivity contribution in [2.45, 2.75) is 0 Å². The zero-order valence-electron chi connectivity index (χ0n) is 11.3. The van der Waals surface area contributed by atoms with Gasteiger partial charge in [0.15, 0.2) is 0 Å². The molecule has 3 aromatic rings. The minimum Gasteiger partial charge on any atom is -0.507 e. The fourth-order valence-corrected chi connectivity index (χ4v) is 3.78. The molecule has 0 aliphatic carbocycles. The number of benzene rings is 2. The number of phenolic OH excluding ortho intramolecular Hbond substituents is 1. The summed E-state index contributed by atoms with van der Waals surface area (Å²) in [7, 11) is 0. The Hall–Kier alpha value is -2.18. The number of rotatable bonds is 3. The smallest absolute Gasteiger partial charge is 0.275 e.